The zero-order valence-electron chi connectivity index (χ0n) is 16.7. The first-order valence-corrected chi connectivity index (χ1v) is 9.67. The number of carbonyl (C=O) groups excluding carboxylic acids is 3. The third-order valence-corrected chi connectivity index (χ3v) is 4.56. The highest BCUT2D eigenvalue weighted by atomic mass is 16.6. The minimum Gasteiger partial charge on any atom is -0.482 e. The van der Waals surface area contributed by atoms with Crippen LogP contribution in [0, 0.1) is 0 Å². The maximum Gasteiger partial charge on any atom is 0.344 e. The monoisotopic (exact) mass is 402 g/mol. The van der Waals surface area contributed by atoms with Gasteiger partial charge in [-0.15, -0.1) is 0 Å². The molecule has 0 aliphatic rings. The summed E-state index contributed by atoms with van der Waals surface area (Å²) in [7, 11) is 0. The second-order valence-electron chi connectivity index (χ2n) is 6.64. The topological polar surface area (TPSA) is 69.7 Å². The maximum absolute atomic E-state index is 12.4. The van der Waals surface area contributed by atoms with E-state index in [-0.39, 0.29) is 24.8 Å². The molecule has 0 unspecified atom stereocenters. The van der Waals surface area contributed by atoms with Crippen molar-refractivity contribution in [1.29, 1.82) is 0 Å². The van der Waals surface area contributed by atoms with Gasteiger partial charge in [0, 0.05) is 16.7 Å². The molecule has 3 rings (SSSR count). The Kier molecular flexibility index (Phi) is 7.11. The Balaban J connectivity index is 1.46. The van der Waals surface area contributed by atoms with Gasteiger partial charge in [0.2, 0.25) is 0 Å². The third-order valence-electron chi connectivity index (χ3n) is 4.56. The van der Waals surface area contributed by atoms with Crippen molar-refractivity contribution in [2.75, 3.05) is 13.2 Å². The quantitative estimate of drug-likeness (QED) is 0.395. The molecule has 5 heteroatoms. The first kappa shape index (κ1) is 21.0. The van der Waals surface area contributed by atoms with Gasteiger partial charge >= 0.3 is 5.97 Å². The molecular weight excluding hydrogens is 380 g/mol. The summed E-state index contributed by atoms with van der Waals surface area (Å²) in [6, 6.07) is 22.7. The van der Waals surface area contributed by atoms with Crippen LogP contribution < -0.4 is 4.74 Å². The summed E-state index contributed by atoms with van der Waals surface area (Å²) in [5, 5.41) is 0. The van der Waals surface area contributed by atoms with E-state index in [4.69, 9.17) is 9.47 Å². The van der Waals surface area contributed by atoms with E-state index < -0.39 is 5.97 Å². The second kappa shape index (κ2) is 10.2. The summed E-state index contributed by atoms with van der Waals surface area (Å²) in [5.74, 6) is -0.571. The van der Waals surface area contributed by atoms with E-state index in [1.54, 1.807) is 60.7 Å². The molecule has 0 radical (unpaired) electrons. The molecule has 0 fully saturated rings. The van der Waals surface area contributed by atoms with Crippen LogP contribution in [0.2, 0.25) is 0 Å². The average Bonchev–Trinajstić information content (AvgIpc) is 2.81. The minimum atomic E-state index is -0.641. The largest absolute Gasteiger partial charge is 0.482 e. The minimum absolute atomic E-state index is 0.0907. The van der Waals surface area contributed by atoms with Crippen LogP contribution in [0.4, 0.5) is 0 Å². The van der Waals surface area contributed by atoms with Gasteiger partial charge < -0.3 is 9.47 Å². The lowest BCUT2D eigenvalue weighted by atomic mass is 10.0. The number of benzene rings is 3. The van der Waals surface area contributed by atoms with Gasteiger partial charge in [0.05, 0.1) is 0 Å². The van der Waals surface area contributed by atoms with Crippen molar-refractivity contribution in [3.8, 4) is 5.75 Å². The summed E-state index contributed by atoms with van der Waals surface area (Å²) in [4.78, 5) is 36.3. The van der Waals surface area contributed by atoms with E-state index >= 15 is 0 Å². The van der Waals surface area contributed by atoms with Crippen LogP contribution in [-0.2, 0) is 16.0 Å². The highest BCUT2D eigenvalue weighted by molar-refractivity contribution is 6.09. The molecule has 0 atom stereocenters. The summed E-state index contributed by atoms with van der Waals surface area (Å²) in [5.41, 5.74) is 2.76. The fourth-order valence-corrected chi connectivity index (χ4v) is 2.80. The molecule has 30 heavy (non-hydrogen) atoms. The molecule has 5 nitrogen and oxygen atoms in total. The lowest BCUT2D eigenvalue weighted by Gasteiger charge is -2.08. The molecule has 0 saturated heterocycles. The zero-order chi connectivity index (χ0) is 21.3. The smallest absolute Gasteiger partial charge is 0.344 e. The van der Waals surface area contributed by atoms with E-state index in [1.165, 1.54) is 0 Å². The summed E-state index contributed by atoms with van der Waals surface area (Å²) < 4.78 is 10.4. The SMILES string of the molecule is CCc1ccc(C(=O)COC(=O)COc2ccc(C(=O)c3ccccc3)cc2)cc1. The number of rotatable bonds is 9. The van der Waals surface area contributed by atoms with Crippen LogP contribution in [0.1, 0.15) is 38.8 Å². The number of hydrogen-bond donors (Lipinski definition) is 0. The van der Waals surface area contributed by atoms with Crippen LogP contribution in [0.25, 0.3) is 0 Å². The van der Waals surface area contributed by atoms with Gasteiger partial charge in [0.15, 0.2) is 24.8 Å². The molecule has 0 spiro atoms. The lowest BCUT2D eigenvalue weighted by molar-refractivity contribution is -0.144. The van der Waals surface area contributed by atoms with Crippen LogP contribution in [0.15, 0.2) is 78.9 Å². The fourth-order valence-electron chi connectivity index (χ4n) is 2.80. The number of carbonyl (C=O) groups is 3. The van der Waals surface area contributed by atoms with Gasteiger partial charge in [0.1, 0.15) is 5.75 Å². The second-order valence-corrected chi connectivity index (χ2v) is 6.64. The van der Waals surface area contributed by atoms with Gasteiger partial charge in [-0.25, -0.2) is 4.79 Å². The Morgan fingerprint density at radius 3 is 1.93 bits per heavy atom. The van der Waals surface area contributed by atoms with Crippen molar-refractivity contribution < 1.29 is 23.9 Å². The van der Waals surface area contributed by atoms with Crippen molar-refractivity contribution in [2.45, 2.75) is 13.3 Å². The van der Waals surface area contributed by atoms with E-state index in [9.17, 15) is 14.4 Å². The summed E-state index contributed by atoms with van der Waals surface area (Å²) >= 11 is 0. The van der Waals surface area contributed by atoms with E-state index in [2.05, 4.69) is 0 Å². The van der Waals surface area contributed by atoms with E-state index in [0.717, 1.165) is 12.0 Å². The Morgan fingerprint density at radius 2 is 1.30 bits per heavy atom. The van der Waals surface area contributed by atoms with Crippen LogP contribution in [-0.4, -0.2) is 30.7 Å². The molecule has 0 N–H and O–H groups in total. The Hall–Kier alpha value is -3.73. The average molecular weight is 402 g/mol. The van der Waals surface area contributed by atoms with Crippen LogP contribution in [0.3, 0.4) is 0 Å². The molecule has 0 aliphatic carbocycles. The van der Waals surface area contributed by atoms with Crippen molar-refractivity contribution >= 4 is 17.5 Å². The van der Waals surface area contributed by atoms with Crippen LogP contribution in [0.5, 0.6) is 5.75 Å². The molecule has 0 bridgehead atoms. The first-order valence-electron chi connectivity index (χ1n) is 9.67. The number of ketones is 2. The first-order chi connectivity index (χ1) is 14.6. The van der Waals surface area contributed by atoms with Gasteiger partial charge in [-0.1, -0.05) is 61.5 Å². The molecule has 0 amide bonds. The lowest BCUT2D eigenvalue weighted by Crippen LogP contribution is -2.19. The summed E-state index contributed by atoms with van der Waals surface area (Å²) in [6.45, 7) is 1.37. The van der Waals surface area contributed by atoms with E-state index in [0.29, 0.717) is 22.4 Å². The number of esters is 1. The number of Topliss-reactive ketones (excluding diaryl/α,β-unsaturated/α-hetero) is 1. The van der Waals surface area contributed by atoms with Crippen molar-refractivity contribution in [1.82, 2.24) is 0 Å². The van der Waals surface area contributed by atoms with E-state index in [1.807, 2.05) is 25.1 Å². The van der Waals surface area contributed by atoms with Crippen molar-refractivity contribution in [3.63, 3.8) is 0 Å². The number of aryl methyl sites for hydroxylation is 1. The number of hydrogen-bond acceptors (Lipinski definition) is 5. The van der Waals surface area contributed by atoms with Gasteiger partial charge in [-0.2, -0.15) is 0 Å². The zero-order valence-corrected chi connectivity index (χ0v) is 16.7. The van der Waals surface area contributed by atoms with Gasteiger partial charge in [-0.3, -0.25) is 9.59 Å². The van der Waals surface area contributed by atoms with Crippen LogP contribution >= 0.6 is 0 Å². The molecule has 0 saturated carbocycles. The molecule has 0 aromatic heterocycles. The predicted octanol–water partition coefficient (Wildman–Crippen LogP) is 4.28. The third kappa shape index (κ3) is 5.64. The molecule has 152 valence electrons. The molecule has 3 aromatic rings. The highest BCUT2D eigenvalue weighted by Gasteiger charge is 2.12. The molecule has 0 heterocycles. The predicted molar refractivity (Wildman–Crippen MR) is 113 cm³/mol. The highest BCUT2D eigenvalue weighted by Crippen LogP contribution is 2.15. The Bertz CT molecular complexity index is 1010. The van der Waals surface area contributed by atoms with Crippen molar-refractivity contribution in [3.05, 3.63) is 101 Å². The Morgan fingerprint density at radius 1 is 0.700 bits per heavy atom. The number of ether oxygens (including phenoxy) is 2. The standard InChI is InChI=1S/C25H22O5/c1-2-18-8-10-19(11-9-18)23(26)16-30-24(27)17-29-22-14-12-21(13-15-22)25(28)20-6-4-3-5-7-20/h3-15H,2,16-17H2,1H3. The maximum atomic E-state index is 12.4. The van der Waals surface area contributed by atoms with Gasteiger partial charge in [-0.05, 0) is 36.2 Å². The molecular formula is C25H22O5. The molecule has 0 aliphatic heterocycles. The van der Waals surface area contributed by atoms with Crippen molar-refractivity contribution in [2.24, 2.45) is 0 Å². The van der Waals surface area contributed by atoms with Gasteiger partial charge in [0.25, 0.3) is 0 Å². The summed E-state index contributed by atoms with van der Waals surface area (Å²) in [6.07, 6.45) is 0.891. The Labute approximate surface area is 175 Å². The molecule has 3 aromatic carbocycles. The fraction of sp³-hybridized carbons (Fsp3) is 0.160. The normalized spacial score (nSPS) is 10.3.